The zero-order chi connectivity index (χ0) is 17.1. The van der Waals surface area contributed by atoms with E-state index < -0.39 is 38.0 Å². The fraction of sp³-hybridized carbons (Fsp3) is 0.846. The molecule has 8 nitrogen and oxygen atoms in total. The molecule has 1 fully saturated rings. The van der Waals surface area contributed by atoms with Gasteiger partial charge in [0, 0.05) is 26.4 Å². The Morgan fingerprint density at radius 3 is 2.23 bits per heavy atom. The van der Waals surface area contributed by atoms with Crippen molar-refractivity contribution < 1.29 is 37.8 Å². The van der Waals surface area contributed by atoms with Crippen molar-refractivity contribution in [1.82, 2.24) is 0 Å². The fourth-order valence-electron chi connectivity index (χ4n) is 2.28. The third-order valence-corrected chi connectivity index (χ3v) is 4.16. The van der Waals surface area contributed by atoms with E-state index >= 15 is 0 Å². The summed E-state index contributed by atoms with van der Waals surface area (Å²) in [6.07, 6.45) is -2.54. The SMILES string of the molecule is CC(=O)OCC1OC(OP(C)(=O)O)C(OC(C)=O)[C@@H](C)[C@H]1C. The molecule has 1 heterocycles. The Hall–Kier alpha value is -0.950. The van der Waals surface area contributed by atoms with Crippen molar-refractivity contribution in [1.29, 1.82) is 0 Å². The van der Waals surface area contributed by atoms with Gasteiger partial charge in [0.2, 0.25) is 6.29 Å². The number of carbonyl (C=O) groups excluding carboxylic acids is 2. The van der Waals surface area contributed by atoms with E-state index in [9.17, 15) is 19.0 Å². The lowest BCUT2D eigenvalue weighted by atomic mass is 9.83. The highest BCUT2D eigenvalue weighted by molar-refractivity contribution is 7.51. The molecule has 22 heavy (non-hydrogen) atoms. The molecule has 0 aromatic rings. The third kappa shape index (κ3) is 5.68. The van der Waals surface area contributed by atoms with Crippen molar-refractivity contribution in [3.05, 3.63) is 0 Å². The number of ether oxygens (including phenoxy) is 3. The summed E-state index contributed by atoms with van der Waals surface area (Å²) in [5.41, 5.74) is 0. The maximum absolute atomic E-state index is 11.5. The second-order valence-electron chi connectivity index (χ2n) is 5.55. The molecule has 128 valence electrons. The number of hydrogen-bond donors (Lipinski definition) is 1. The van der Waals surface area contributed by atoms with Crippen LogP contribution in [-0.4, -0.2) is 48.6 Å². The van der Waals surface area contributed by atoms with Crippen LogP contribution in [0.25, 0.3) is 0 Å². The lowest BCUT2D eigenvalue weighted by molar-refractivity contribution is -0.254. The van der Waals surface area contributed by atoms with Crippen molar-refractivity contribution in [3.8, 4) is 0 Å². The summed E-state index contributed by atoms with van der Waals surface area (Å²) < 4.78 is 32.2. The molecule has 0 amide bonds. The van der Waals surface area contributed by atoms with Crippen molar-refractivity contribution in [2.75, 3.05) is 13.3 Å². The summed E-state index contributed by atoms with van der Waals surface area (Å²) in [5, 5.41) is 0. The van der Waals surface area contributed by atoms with Crippen LogP contribution >= 0.6 is 7.60 Å². The van der Waals surface area contributed by atoms with Gasteiger partial charge in [0.05, 0.1) is 6.10 Å². The van der Waals surface area contributed by atoms with Gasteiger partial charge < -0.3 is 19.1 Å². The van der Waals surface area contributed by atoms with Gasteiger partial charge in [-0.2, -0.15) is 0 Å². The van der Waals surface area contributed by atoms with Crippen LogP contribution in [-0.2, 0) is 32.9 Å². The number of rotatable bonds is 5. The normalized spacial score (nSPS) is 34.5. The van der Waals surface area contributed by atoms with Crippen molar-refractivity contribution in [3.63, 3.8) is 0 Å². The number of esters is 2. The average Bonchev–Trinajstić information content (AvgIpc) is 2.34. The third-order valence-electron chi connectivity index (χ3n) is 3.56. The van der Waals surface area contributed by atoms with Crippen LogP contribution in [0.1, 0.15) is 27.7 Å². The Morgan fingerprint density at radius 1 is 1.18 bits per heavy atom. The first-order valence-electron chi connectivity index (χ1n) is 6.96. The minimum absolute atomic E-state index is 0.00701. The highest BCUT2D eigenvalue weighted by Crippen LogP contribution is 2.43. The minimum Gasteiger partial charge on any atom is -0.463 e. The molecule has 0 aromatic carbocycles. The van der Waals surface area contributed by atoms with Crippen molar-refractivity contribution in [2.24, 2.45) is 11.8 Å². The Morgan fingerprint density at radius 2 is 1.77 bits per heavy atom. The quantitative estimate of drug-likeness (QED) is 0.590. The molecular formula is C13H23O8P. The molecule has 0 radical (unpaired) electrons. The molecule has 6 atom stereocenters. The molecule has 1 aliphatic heterocycles. The predicted molar refractivity (Wildman–Crippen MR) is 76.0 cm³/mol. The molecule has 1 rings (SSSR count). The maximum atomic E-state index is 11.5. The van der Waals surface area contributed by atoms with Gasteiger partial charge in [-0.05, 0) is 5.92 Å². The second kappa shape index (κ2) is 7.55. The Bertz CT molecular complexity index is 457. The lowest BCUT2D eigenvalue weighted by Crippen LogP contribution is -2.53. The zero-order valence-electron chi connectivity index (χ0n) is 13.3. The van der Waals surface area contributed by atoms with Crippen LogP contribution < -0.4 is 0 Å². The van der Waals surface area contributed by atoms with E-state index in [2.05, 4.69) is 0 Å². The summed E-state index contributed by atoms with van der Waals surface area (Å²) in [5.74, 6) is -1.32. The van der Waals surface area contributed by atoms with Gasteiger partial charge in [0.1, 0.15) is 6.61 Å². The minimum atomic E-state index is -3.85. The van der Waals surface area contributed by atoms with Crippen molar-refractivity contribution >= 4 is 19.5 Å². The van der Waals surface area contributed by atoms with E-state index in [-0.39, 0.29) is 18.4 Å². The zero-order valence-corrected chi connectivity index (χ0v) is 14.2. The fourth-order valence-corrected chi connectivity index (χ4v) is 2.84. The average molecular weight is 338 g/mol. The van der Waals surface area contributed by atoms with Gasteiger partial charge in [0.15, 0.2) is 6.10 Å². The van der Waals surface area contributed by atoms with E-state index in [0.717, 1.165) is 6.66 Å². The first kappa shape index (κ1) is 19.1. The predicted octanol–water partition coefficient (Wildman–Crippen LogP) is 1.31. The Balaban J connectivity index is 2.91. The molecule has 0 saturated carbocycles. The summed E-state index contributed by atoms with van der Waals surface area (Å²) in [4.78, 5) is 31.6. The van der Waals surface area contributed by atoms with Crippen molar-refractivity contribution in [2.45, 2.75) is 46.2 Å². The van der Waals surface area contributed by atoms with E-state index in [1.165, 1.54) is 13.8 Å². The van der Waals surface area contributed by atoms with E-state index in [1.807, 2.05) is 13.8 Å². The van der Waals surface area contributed by atoms with E-state index in [4.69, 9.17) is 18.7 Å². The molecule has 0 spiro atoms. The first-order chi connectivity index (χ1) is 10.0. The van der Waals surface area contributed by atoms with Crippen LogP contribution in [0.5, 0.6) is 0 Å². The molecule has 1 aliphatic rings. The first-order valence-corrected chi connectivity index (χ1v) is 8.98. The van der Waals surface area contributed by atoms with Crippen LogP contribution in [0.2, 0.25) is 0 Å². The van der Waals surface area contributed by atoms with Gasteiger partial charge in [0.25, 0.3) is 0 Å². The molecule has 1 N–H and O–H groups in total. The molecule has 0 bridgehead atoms. The highest BCUT2D eigenvalue weighted by atomic mass is 31.2. The van der Waals surface area contributed by atoms with Gasteiger partial charge >= 0.3 is 19.5 Å². The van der Waals surface area contributed by atoms with Gasteiger partial charge in [-0.3, -0.25) is 18.7 Å². The molecular weight excluding hydrogens is 315 g/mol. The van der Waals surface area contributed by atoms with Crippen LogP contribution in [0, 0.1) is 11.8 Å². The molecule has 0 aromatic heterocycles. The van der Waals surface area contributed by atoms with Crippen LogP contribution in [0.4, 0.5) is 0 Å². The summed E-state index contributed by atoms with van der Waals surface area (Å²) in [7, 11) is -3.85. The smallest absolute Gasteiger partial charge is 0.327 e. The lowest BCUT2D eigenvalue weighted by Gasteiger charge is -2.43. The number of carbonyl (C=O) groups is 2. The van der Waals surface area contributed by atoms with Crippen LogP contribution in [0.3, 0.4) is 0 Å². The summed E-state index contributed by atoms with van der Waals surface area (Å²) >= 11 is 0. The molecule has 4 unspecified atom stereocenters. The van der Waals surface area contributed by atoms with Gasteiger partial charge in [-0.15, -0.1) is 0 Å². The second-order valence-corrected chi connectivity index (χ2v) is 7.36. The van der Waals surface area contributed by atoms with E-state index in [0.29, 0.717) is 0 Å². The Kier molecular flexibility index (Phi) is 6.55. The Labute approximate surface area is 129 Å². The number of hydrogen-bond acceptors (Lipinski definition) is 7. The van der Waals surface area contributed by atoms with Crippen LogP contribution in [0.15, 0.2) is 0 Å². The standard InChI is InChI=1S/C13H23O8P/c1-7-8(2)12(19-10(4)15)13(21-22(5,16)17)20-11(7)6-18-9(3)14/h7-8,11-13H,6H2,1-5H3,(H,16,17)/t7-,8+,11?,12?,13?/m1/s1. The highest BCUT2D eigenvalue weighted by Gasteiger charge is 2.46. The largest absolute Gasteiger partial charge is 0.463 e. The van der Waals surface area contributed by atoms with Gasteiger partial charge in [-0.25, -0.2) is 0 Å². The van der Waals surface area contributed by atoms with E-state index in [1.54, 1.807) is 0 Å². The monoisotopic (exact) mass is 338 g/mol. The molecule has 9 heteroatoms. The summed E-state index contributed by atoms with van der Waals surface area (Å²) in [6, 6.07) is 0. The topological polar surface area (TPSA) is 108 Å². The summed E-state index contributed by atoms with van der Waals surface area (Å²) in [6.45, 7) is 7.20. The molecule has 0 aliphatic carbocycles. The molecule has 1 saturated heterocycles. The maximum Gasteiger partial charge on any atom is 0.327 e. The van der Waals surface area contributed by atoms with Gasteiger partial charge in [-0.1, -0.05) is 13.8 Å².